The molecule has 0 bridgehead atoms. The van der Waals surface area contributed by atoms with Crippen LogP contribution in [0.3, 0.4) is 0 Å². The van der Waals surface area contributed by atoms with E-state index in [0.29, 0.717) is 28.2 Å². The molecule has 2 aromatic carbocycles. The molecule has 0 aliphatic heterocycles. The van der Waals surface area contributed by atoms with Crippen LogP contribution in [0.1, 0.15) is 20.1 Å². The van der Waals surface area contributed by atoms with Gasteiger partial charge >= 0.3 is 12.1 Å². The van der Waals surface area contributed by atoms with E-state index in [9.17, 15) is 22.8 Å². The van der Waals surface area contributed by atoms with Crippen molar-refractivity contribution in [2.45, 2.75) is 12.6 Å². The highest BCUT2D eigenvalue weighted by molar-refractivity contribution is 7.14. The molecule has 0 atom stereocenters. The standard InChI is InChI=1S/C20H14F3NO3S/c21-20(22,23)18-15(13-4-2-1-3-5-13)11-16(28-18)19(27)24-14-8-6-12(7-9-14)10-17(25)26/h1-9,11H,10H2,(H,24,27)(H,25,26). The van der Waals surface area contributed by atoms with E-state index in [1.807, 2.05) is 0 Å². The number of hydrogen-bond donors (Lipinski definition) is 2. The van der Waals surface area contributed by atoms with Gasteiger partial charge in [0.25, 0.3) is 5.91 Å². The van der Waals surface area contributed by atoms with Gasteiger partial charge in [-0.05, 0) is 29.3 Å². The lowest BCUT2D eigenvalue weighted by Gasteiger charge is -2.07. The lowest BCUT2D eigenvalue weighted by molar-refractivity contribution is -0.136. The van der Waals surface area contributed by atoms with Crippen LogP contribution in [0.5, 0.6) is 0 Å². The minimum Gasteiger partial charge on any atom is -0.481 e. The van der Waals surface area contributed by atoms with Crippen molar-refractivity contribution in [2.75, 3.05) is 5.32 Å². The number of carboxylic acid groups (broad SMARTS) is 1. The van der Waals surface area contributed by atoms with Crippen molar-refractivity contribution in [3.63, 3.8) is 0 Å². The number of rotatable bonds is 5. The summed E-state index contributed by atoms with van der Waals surface area (Å²) < 4.78 is 40.3. The molecule has 2 N–H and O–H groups in total. The topological polar surface area (TPSA) is 66.4 Å². The Balaban J connectivity index is 1.86. The molecule has 0 saturated carbocycles. The Morgan fingerprint density at radius 2 is 1.64 bits per heavy atom. The number of thiophene rings is 1. The SMILES string of the molecule is O=C(O)Cc1ccc(NC(=O)c2cc(-c3ccccc3)c(C(F)(F)F)s2)cc1. The number of halogens is 3. The van der Waals surface area contributed by atoms with Gasteiger partial charge in [0, 0.05) is 11.3 Å². The highest BCUT2D eigenvalue weighted by Crippen LogP contribution is 2.42. The molecular weight excluding hydrogens is 391 g/mol. The average molecular weight is 405 g/mol. The molecule has 1 aromatic heterocycles. The van der Waals surface area contributed by atoms with Crippen LogP contribution in [0.25, 0.3) is 11.1 Å². The van der Waals surface area contributed by atoms with E-state index in [-0.39, 0.29) is 16.9 Å². The molecule has 0 aliphatic rings. The summed E-state index contributed by atoms with van der Waals surface area (Å²) in [6.07, 6.45) is -4.73. The van der Waals surface area contributed by atoms with Gasteiger partial charge in [-0.25, -0.2) is 0 Å². The van der Waals surface area contributed by atoms with Crippen LogP contribution >= 0.6 is 11.3 Å². The van der Waals surface area contributed by atoms with Crippen LogP contribution in [0.15, 0.2) is 60.7 Å². The molecule has 1 amide bonds. The fraction of sp³-hybridized carbons (Fsp3) is 0.100. The number of anilines is 1. The fourth-order valence-electron chi connectivity index (χ4n) is 2.62. The molecule has 3 rings (SSSR count). The maximum atomic E-state index is 13.4. The zero-order chi connectivity index (χ0) is 20.3. The molecule has 0 fully saturated rings. The highest BCUT2D eigenvalue weighted by atomic mass is 32.1. The van der Waals surface area contributed by atoms with Gasteiger partial charge in [0.15, 0.2) is 0 Å². The van der Waals surface area contributed by atoms with E-state index in [2.05, 4.69) is 5.32 Å². The van der Waals surface area contributed by atoms with Crippen molar-refractivity contribution in [1.82, 2.24) is 0 Å². The Bertz CT molecular complexity index is 996. The molecule has 0 unspecified atom stereocenters. The van der Waals surface area contributed by atoms with Gasteiger partial charge in [-0.15, -0.1) is 11.3 Å². The number of nitrogens with one attached hydrogen (secondary N) is 1. The number of carbonyl (C=O) groups excluding carboxylic acids is 1. The second-order valence-electron chi connectivity index (χ2n) is 5.94. The molecular formula is C20H14F3NO3S. The lowest BCUT2D eigenvalue weighted by Crippen LogP contribution is -2.10. The first kappa shape index (κ1) is 19.6. The number of amides is 1. The van der Waals surface area contributed by atoms with Crippen molar-refractivity contribution in [2.24, 2.45) is 0 Å². The second kappa shape index (κ2) is 7.85. The lowest BCUT2D eigenvalue weighted by atomic mass is 10.1. The first-order valence-corrected chi connectivity index (χ1v) is 8.94. The van der Waals surface area contributed by atoms with Crippen LogP contribution in [0, 0.1) is 0 Å². The molecule has 8 heteroatoms. The number of hydrogen-bond acceptors (Lipinski definition) is 3. The third-order valence-electron chi connectivity index (χ3n) is 3.87. The number of aliphatic carboxylic acids is 1. The molecule has 28 heavy (non-hydrogen) atoms. The molecule has 0 aliphatic carbocycles. The maximum absolute atomic E-state index is 13.4. The third-order valence-corrected chi connectivity index (χ3v) is 5.04. The Morgan fingerprint density at radius 3 is 2.21 bits per heavy atom. The van der Waals surface area contributed by atoms with Crippen LogP contribution < -0.4 is 5.32 Å². The molecule has 4 nitrogen and oxygen atoms in total. The minimum atomic E-state index is -4.58. The molecule has 1 heterocycles. The summed E-state index contributed by atoms with van der Waals surface area (Å²) >= 11 is 0.385. The van der Waals surface area contributed by atoms with E-state index in [1.54, 1.807) is 30.3 Å². The minimum absolute atomic E-state index is 0.0416. The Hall–Kier alpha value is -3.13. The number of carbonyl (C=O) groups is 2. The Kier molecular flexibility index (Phi) is 5.51. The summed E-state index contributed by atoms with van der Waals surface area (Å²) in [6, 6.07) is 15.4. The van der Waals surface area contributed by atoms with Gasteiger partial charge in [0.1, 0.15) is 4.88 Å². The predicted octanol–water partition coefficient (Wildman–Crippen LogP) is 5.31. The third kappa shape index (κ3) is 4.58. The summed E-state index contributed by atoms with van der Waals surface area (Å²) in [5, 5.41) is 11.3. The van der Waals surface area contributed by atoms with Gasteiger partial charge in [0.2, 0.25) is 0 Å². The van der Waals surface area contributed by atoms with Crippen LogP contribution in [0.2, 0.25) is 0 Å². The number of carboxylic acids is 1. The summed E-state index contributed by atoms with van der Waals surface area (Å²) in [7, 11) is 0. The average Bonchev–Trinajstić information content (AvgIpc) is 3.10. The quantitative estimate of drug-likeness (QED) is 0.604. The monoisotopic (exact) mass is 405 g/mol. The Morgan fingerprint density at radius 1 is 1.00 bits per heavy atom. The fourth-order valence-corrected chi connectivity index (χ4v) is 3.56. The largest absolute Gasteiger partial charge is 0.481 e. The van der Waals surface area contributed by atoms with E-state index in [1.165, 1.54) is 30.3 Å². The number of alkyl halides is 3. The van der Waals surface area contributed by atoms with Crippen molar-refractivity contribution < 1.29 is 27.9 Å². The van der Waals surface area contributed by atoms with Gasteiger partial charge in [-0.3, -0.25) is 9.59 Å². The van der Waals surface area contributed by atoms with Crippen LogP contribution in [-0.4, -0.2) is 17.0 Å². The molecule has 0 radical (unpaired) electrons. The van der Waals surface area contributed by atoms with Crippen molar-refractivity contribution in [3.05, 3.63) is 76.0 Å². The zero-order valence-corrected chi connectivity index (χ0v) is 15.1. The molecule has 3 aromatic rings. The van der Waals surface area contributed by atoms with Crippen molar-refractivity contribution >= 4 is 28.9 Å². The van der Waals surface area contributed by atoms with Gasteiger partial charge < -0.3 is 10.4 Å². The summed E-state index contributed by atoms with van der Waals surface area (Å²) in [5.74, 6) is -1.65. The molecule has 0 spiro atoms. The van der Waals surface area contributed by atoms with Crippen molar-refractivity contribution in [3.8, 4) is 11.1 Å². The zero-order valence-electron chi connectivity index (χ0n) is 14.3. The smallest absolute Gasteiger partial charge is 0.426 e. The molecule has 0 saturated heterocycles. The summed E-state index contributed by atoms with van der Waals surface area (Å²) in [4.78, 5) is 22.2. The first-order chi connectivity index (χ1) is 13.2. The maximum Gasteiger partial charge on any atom is 0.426 e. The van der Waals surface area contributed by atoms with Gasteiger partial charge in [-0.2, -0.15) is 13.2 Å². The highest BCUT2D eigenvalue weighted by Gasteiger charge is 2.37. The van der Waals surface area contributed by atoms with Crippen molar-refractivity contribution in [1.29, 1.82) is 0 Å². The summed E-state index contributed by atoms with van der Waals surface area (Å²) in [6.45, 7) is 0. The predicted molar refractivity (Wildman–Crippen MR) is 100 cm³/mol. The molecule has 144 valence electrons. The Labute approximate surface area is 162 Å². The number of benzene rings is 2. The van der Waals surface area contributed by atoms with E-state index < -0.39 is 22.9 Å². The first-order valence-electron chi connectivity index (χ1n) is 8.12. The summed E-state index contributed by atoms with van der Waals surface area (Å²) in [5.41, 5.74) is 1.25. The van der Waals surface area contributed by atoms with Gasteiger partial charge in [-0.1, -0.05) is 42.5 Å². The van der Waals surface area contributed by atoms with E-state index in [0.717, 1.165) is 0 Å². The van der Waals surface area contributed by atoms with Gasteiger partial charge in [0.05, 0.1) is 11.3 Å². The van der Waals surface area contributed by atoms with E-state index >= 15 is 0 Å². The van der Waals surface area contributed by atoms with Crippen LogP contribution in [0.4, 0.5) is 18.9 Å². The van der Waals surface area contributed by atoms with Crippen LogP contribution in [-0.2, 0) is 17.4 Å². The normalized spacial score (nSPS) is 11.2. The second-order valence-corrected chi connectivity index (χ2v) is 6.99. The van der Waals surface area contributed by atoms with E-state index in [4.69, 9.17) is 5.11 Å².